The first-order chi connectivity index (χ1) is 30.6. The van der Waals surface area contributed by atoms with Crippen molar-refractivity contribution in [2.24, 2.45) is 0 Å². The van der Waals surface area contributed by atoms with Gasteiger partial charge in [-0.3, -0.25) is 52.6 Å². The number of piperidine rings is 1. The molecule has 23 nitrogen and oxygen atoms in total. The van der Waals surface area contributed by atoms with Crippen molar-refractivity contribution >= 4 is 68.5 Å². The lowest BCUT2D eigenvalue weighted by atomic mass is 10.0. The Kier molecular flexibility index (Phi) is 13.8. The van der Waals surface area contributed by atoms with Crippen molar-refractivity contribution in [3.8, 4) is 0 Å². The zero-order chi connectivity index (χ0) is 45.7. The van der Waals surface area contributed by atoms with E-state index in [-0.39, 0.29) is 80.2 Å². The number of nitrogens with one attached hydrogen (secondary N) is 5. The van der Waals surface area contributed by atoms with Crippen LogP contribution in [0.1, 0.15) is 79.1 Å². The van der Waals surface area contributed by atoms with Crippen LogP contribution >= 0.6 is 0 Å². The van der Waals surface area contributed by atoms with Gasteiger partial charge in [-0.25, -0.2) is 9.29 Å². The Balaban J connectivity index is 0.801. The number of aliphatic hydroxyl groups is 2. The molecule has 24 heteroatoms. The number of benzene rings is 2. The highest BCUT2D eigenvalue weighted by Gasteiger charge is 2.48. The van der Waals surface area contributed by atoms with Crippen LogP contribution in [-0.4, -0.2) is 111 Å². The number of anilines is 2. The predicted octanol–water partition coefficient (Wildman–Crippen LogP) is -1.50. The van der Waals surface area contributed by atoms with E-state index in [0.717, 1.165) is 5.56 Å². The summed E-state index contributed by atoms with van der Waals surface area (Å²) in [5, 5.41) is 29.4. The molecule has 64 heavy (non-hydrogen) atoms. The maximum absolute atomic E-state index is 13.1. The summed E-state index contributed by atoms with van der Waals surface area (Å²) in [6.45, 7) is -0.251. The molecule has 9 N–H and O–H groups in total. The van der Waals surface area contributed by atoms with Gasteiger partial charge in [-0.15, -0.1) is 0 Å². The van der Waals surface area contributed by atoms with Gasteiger partial charge in [0.1, 0.15) is 24.4 Å². The molecule has 4 aromatic rings. The lowest BCUT2D eigenvalue weighted by Crippen LogP contribution is -2.52. The van der Waals surface area contributed by atoms with E-state index in [1.165, 1.54) is 15.8 Å². The highest BCUT2D eigenvalue weighted by molar-refractivity contribution is 7.85. The van der Waals surface area contributed by atoms with Gasteiger partial charge < -0.3 is 36.2 Å². The number of carbonyl (C=O) groups excluding carboxylic acids is 6. The molecule has 5 heterocycles. The second-order valence-corrected chi connectivity index (χ2v) is 16.9. The van der Waals surface area contributed by atoms with Crippen molar-refractivity contribution in [3.05, 3.63) is 81.9 Å². The Labute approximate surface area is 364 Å². The molecule has 3 aliphatic rings. The Morgan fingerprint density at radius 1 is 0.953 bits per heavy atom. The molecular formula is C40H47N10O13S+. The van der Waals surface area contributed by atoms with Crippen molar-refractivity contribution < 1.29 is 60.9 Å². The van der Waals surface area contributed by atoms with Crippen LogP contribution in [0.25, 0.3) is 11.2 Å². The van der Waals surface area contributed by atoms with E-state index in [2.05, 4.69) is 25.9 Å². The molecule has 3 aliphatic heterocycles. The van der Waals surface area contributed by atoms with Crippen molar-refractivity contribution in [3.63, 3.8) is 0 Å². The van der Waals surface area contributed by atoms with Crippen LogP contribution in [0, 0.1) is 0 Å². The fraction of sp³-hybridized carbons (Fsp3) is 0.425. The molecule has 0 radical (unpaired) electrons. The summed E-state index contributed by atoms with van der Waals surface area (Å²) in [5.74, 6) is -3.34. The van der Waals surface area contributed by atoms with E-state index in [0.29, 0.717) is 36.1 Å². The molecule has 0 saturated carbocycles. The number of nitrogen functional groups attached to an aromatic ring is 1. The highest BCUT2D eigenvalue weighted by atomic mass is 32.2. The quantitative estimate of drug-likeness (QED) is 0.0320. The molecule has 0 spiro atoms. The number of H-pyrrole nitrogens is 1. The minimum absolute atomic E-state index is 0.0242. The third-order valence-corrected chi connectivity index (χ3v) is 11.9. The number of imidazole rings is 1. The van der Waals surface area contributed by atoms with Crippen LogP contribution in [-0.2, 0) is 56.3 Å². The molecule has 2 fully saturated rings. The van der Waals surface area contributed by atoms with Gasteiger partial charge in [-0.05, 0) is 37.0 Å². The zero-order valence-corrected chi connectivity index (χ0v) is 35.0. The molecule has 6 amide bonds. The maximum Gasteiger partial charge on any atom is 0.362 e. The van der Waals surface area contributed by atoms with Crippen molar-refractivity contribution in [2.75, 3.05) is 24.2 Å². The van der Waals surface area contributed by atoms with E-state index in [9.17, 15) is 52.2 Å². The molecular weight excluding hydrogens is 861 g/mol. The van der Waals surface area contributed by atoms with Crippen LogP contribution < -0.4 is 36.5 Å². The number of carbonyl (C=O) groups is 6. The Morgan fingerprint density at radius 2 is 1.72 bits per heavy atom. The second kappa shape index (κ2) is 19.4. The van der Waals surface area contributed by atoms with Crippen molar-refractivity contribution in [1.29, 1.82) is 0 Å². The number of ether oxygens (including phenoxy) is 1. The minimum atomic E-state index is -4.75. The topological polar surface area (TPSA) is 327 Å². The van der Waals surface area contributed by atoms with Crippen molar-refractivity contribution in [2.45, 2.75) is 95.0 Å². The third kappa shape index (κ3) is 10.4. The summed E-state index contributed by atoms with van der Waals surface area (Å²) in [6, 6.07) is 13.3. The normalized spacial score (nSPS) is 20.9. The molecule has 2 saturated heterocycles. The minimum Gasteiger partial charge on any atom is -0.387 e. The average molecular weight is 908 g/mol. The van der Waals surface area contributed by atoms with Gasteiger partial charge in [0.25, 0.3) is 17.4 Å². The Hall–Kier alpha value is -6.60. The van der Waals surface area contributed by atoms with Gasteiger partial charge in [0.2, 0.25) is 41.3 Å². The summed E-state index contributed by atoms with van der Waals surface area (Å²) >= 11 is 0. The number of imide groups is 1. The van der Waals surface area contributed by atoms with Crippen LogP contribution in [0.4, 0.5) is 11.6 Å². The third-order valence-electron chi connectivity index (χ3n) is 11.0. The first kappa shape index (κ1) is 45.4. The lowest BCUT2D eigenvalue weighted by molar-refractivity contribution is -0.745. The van der Waals surface area contributed by atoms with Crippen LogP contribution in [0.2, 0.25) is 0 Å². The number of rotatable bonds is 18. The second-order valence-electron chi connectivity index (χ2n) is 15.5. The van der Waals surface area contributed by atoms with Gasteiger partial charge >= 0.3 is 16.0 Å². The number of fused-ring (bicyclic) bond motifs is 2. The van der Waals surface area contributed by atoms with Gasteiger partial charge in [0, 0.05) is 55.6 Å². The molecule has 7 rings (SSSR count). The lowest BCUT2D eigenvalue weighted by Gasteiger charge is -2.29. The number of aliphatic hydroxyl groups excluding tert-OH is 2. The molecule has 0 bridgehead atoms. The number of hydrogen-bond donors (Lipinski definition) is 8. The standard InChI is InChI=1S/C40H46N10O13S/c41-40-45-35-32(37(58)46-40)48(18-22-8-3-1-4-9-22)21-50(35)39-34(56)33(55)27(63-39)20-62-64(60,61)47-31(54)16-15-28(51)42-17-6-2-5-12-29(52)43-25-11-7-10-23-24(25)19-49(38(23)59)26-13-14-30(53)44-36(26)57/h1,3-4,7-11,21,26-27,33-34,39,55-56H,2,5-6,12-20H2,(H6-,41,42,43,44,45,46,47,51,52,53,54,57,58)/p+1/t26?,27-,33-,34-,39-/m1/s1. The zero-order valence-electron chi connectivity index (χ0n) is 34.2. The number of amides is 6. The fourth-order valence-corrected chi connectivity index (χ4v) is 8.53. The average Bonchev–Trinajstić information content (AvgIpc) is 3.87. The number of nitrogens with two attached hydrogens (primary N) is 1. The van der Waals surface area contributed by atoms with Gasteiger partial charge in [-0.1, -0.05) is 47.8 Å². The number of aromatic nitrogens is 4. The van der Waals surface area contributed by atoms with Crippen LogP contribution in [0.5, 0.6) is 0 Å². The van der Waals surface area contributed by atoms with Gasteiger partial charge in [-0.2, -0.15) is 8.42 Å². The first-order valence-corrected chi connectivity index (χ1v) is 21.9. The van der Waals surface area contributed by atoms with E-state index in [1.807, 2.05) is 30.3 Å². The molecule has 0 aliphatic carbocycles. The number of nitrogens with zero attached hydrogens (tertiary/aromatic N) is 4. The predicted molar refractivity (Wildman–Crippen MR) is 221 cm³/mol. The van der Waals surface area contributed by atoms with Crippen LogP contribution in [0.3, 0.4) is 0 Å². The number of hydrogen-bond acceptors (Lipinski definition) is 15. The summed E-state index contributed by atoms with van der Waals surface area (Å²) < 4.78 is 40.4. The van der Waals surface area contributed by atoms with Crippen molar-refractivity contribution in [1.82, 2.24) is 34.8 Å². The smallest absolute Gasteiger partial charge is 0.362 e. The SMILES string of the molecule is Nc1nc2c(c(=O)[nH]1)n(Cc1ccccc1)c[n+]2[C@@H]1O[C@H](COS(=O)(=O)NC(=O)CCC(=O)NCCCCCC(=O)Nc2cccc3c2CN(C2CCC(=O)NC2=O)C3=O)[C@@H](O)[C@H]1O. The largest absolute Gasteiger partial charge is 0.387 e. The summed E-state index contributed by atoms with van der Waals surface area (Å²) in [4.78, 5) is 95.5. The molecule has 340 valence electrons. The van der Waals surface area contributed by atoms with E-state index in [1.54, 1.807) is 27.5 Å². The summed E-state index contributed by atoms with van der Waals surface area (Å²) in [7, 11) is -4.75. The van der Waals surface area contributed by atoms with E-state index in [4.69, 9.17) is 14.7 Å². The van der Waals surface area contributed by atoms with E-state index < -0.39 is 77.2 Å². The van der Waals surface area contributed by atoms with Gasteiger partial charge in [0.15, 0.2) is 6.33 Å². The van der Waals surface area contributed by atoms with E-state index >= 15 is 0 Å². The first-order valence-electron chi connectivity index (χ1n) is 20.5. The fourth-order valence-electron chi connectivity index (χ4n) is 7.78. The molecule has 2 aromatic carbocycles. The Morgan fingerprint density at radius 3 is 2.48 bits per heavy atom. The highest BCUT2D eigenvalue weighted by Crippen LogP contribution is 2.33. The monoisotopic (exact) mass is 907 g/mol. The molecule has 2 aromatic heterocycles. The Bertz CT molecular complexity index is 2640. The molecule has 1 unspecified atom stereocenters. The van der Waals surface area contributed by atoms with Crippen LogP contribution in [0.15, 0.2) is 59.7 Å². The number of unbranched alkanes of at least 4 members (excludes halogenated alkanes) is 2. The summed E-state index contributed by atoms with van der Waals surface area (Å²) in [5.41, 5.74) is 7.60. The summed E-state index contributed by atoms with van der Waals surface area (Å²) in [6.07, 6.45) is -3.42. The van der Waals surface area contributed by atoms with Gasteiger partial charge in [0.05, 0.1) is 13.2 Å². The number of aromatic amines is 1. The molecule has 5 atom stereocenters. The maximum atomic E-state index is 13.1.